The summed E-state index contributed by atoms with van der Waals surface area (Å²) in [6.07, 6.45) is 3.10. The number of hydrogen-bond donors (Lipinski definition) is 1. The van der Waals surface area contributed by atoms with Crippen LogP contribution in [0.2, 0.25) is 0 Å². The predicted molar refractivity (Wildman–Crippen MR) is 67.6 cm³/mol. The average molecular weight is 282 g/mol. The molecule has 18 heavy (non-hydrogen) atoms. The van der Waals surface area contributed by atoms with Gasteiger partial charge in [-0.05, 0) is 23.1 Å². The summed E-state index contributed by atoms with van der Waals surface area (Å²) in [5.74, 6) is -0.573. The minimum atomic E-state index is -3.74. The van der Waals surface area contributed by atoms with Crippen LogP contribution in [0.15, 0.2) is 46.2 Å². The molecule has 5 nitrogen and oxygen atoms in total. The van der Waals surface area contributed by atoms with Crippen LogP contribution in [0.1, 0.15) is 5.56 Å². The number of rotatable bonds is 4. The number of carbonyl (C=O) groups is 1. The van der Waals surface area contributed by atoms with Gasteiger partial charge in [0.1, 0.15) is 4.21 Å². The Morgan fingerprint density at radius 3 is 2.78 bits per heavy atom. The molecule has 1 N–H and O–H groups in total. The number of carbonyl (C=O) groups excluding carboxylic acids is 1. The molecule has 0 aliphatic rings. The molecule has 0 saturated carbocycles. The fourth-order valence-electron chi connectivity index (χ4n) is 1.34. The number of nitrogens with zero attached hydrogens (tertiary/aromatic N) is 1. The van der Waals surface area contributed by atoms with Crippen LogP contribution in [0.5, 0.6) is 0 Å². The molecule has 2 heterocycles. The Bertz CT molecular complexity index is 622. The highest BCUT2D eigenvalue weighted by Gasteiger charge is 2.18. The molecule has 94 valence electrons. The van der Waals surface area contributed by atoms with E-state index in [0.29, 0.717) is 5.56 Å². The lowest BCUT2D eigenvalue weighted by Crippen LogP contribution is -2.31. The molecule has 2 aromatic heterocycles. The number of amides is 1. The minimum Gasteiger partial charge on any atom is -0.274 e. The molecule has 0 atom stereocenters. The Hall–Kier alpha value is -1.73. The van der Waals surface area contributed by atoms with Crippen LogP contribution >= 0.6 is 11.3 Å². The van der Waals surface area contributed by atoms with Crippen molar-refractivity contribution in [2.45, 2.75) is 10.6 Å². The molecule has 0 aliphatic heterocycles. The minimum absolute atomic E-state index is 0.0154. The molecule has 0 unspecified atom stereocenters. The van der Waals surface area contributed by atoms with Gasteiger partial charge in [-0.2, -0.15) is 0 Å². The molecule has 1 amide bonds. The summed E-state index contributed by atoms with van der Waals surface area (Å²) >= 11 is 1.06. The van der Waals surface area contributed by atoms with Crippen LogP contribution < -0.4 is 4.72 Å². The lowest BCUT2D eigenvalue weighted by Gasteiger charge is -2.04. The highest BCUT2D eigenvalue weighted by molar-refractivity contribution is 7.92. The van der Waals surface area contributed by atoms with E-state index in [0.717, 1.165) is 11.3 Å². The summed E-state index contributed by atoms with van der Waals surface area (Å²) in [6, 6.07) is 6.47. The van der Waals surface area contributed by atoms with Crippen molar-refractivity contribution in [2.75, 3.05) is 0 Å². The number of thiophene rings is 1. The first-order chi connectivity index (χ1) is 8.58. The van der Waals surface area contributed by atoms with Crippen molar-refractivity contribution < 1.29 is 13.2 Å². The Labute approximate surface area is 109 Å². The van der Waals surface area contributed by atoms with E-state index in [-0.39, 0.29) is 10.6 Å². The number of hydrogen-bond acceptors (Lipinski definition) is 5. The Morgan fingerprint density at radius 1 is 1.33 bits per heavy atom. The molecule has 0 saturated heterocycles. The summed E-state index contributed by atoms with van der Waals surface area (Å²) in [7, 11) is -3.74. The first kappa shape index (κ1) is 12.7. The summed E-state index contributed by atoms with van der Waals surface area (Å²) in [4.78, 5) is 15.5. The van der Waals surface area contributed by atoms with Crippen LogP contribution in [0.4, 0.5) is 0 Å². The Kier molecular flexibility index (Phi) is 3.73. The van der Waals surface area contributed by atoms with Crippen LogP contribution in [0, 0.1) is 0 Å². The molecular weight excluding hydrogens is 272 g/mol. The van der Waals surface area contributed by atoms with Crippen molar-refractivity contribution in [1.29, 1.82) is 0 Å². The van der Waals surface area contributed by atoms with E-state index in [2.05, 4.69) is 4.98 Å². The van der Waals surface area contributed by atoms with Crippen molar-refractivity contribution in [2.24, 2.45) is 0 Å². The number of sulfonamides is 1. The topological polar surface area (TPSA) is 76.1 Å². The van der Waals surface area contributed by atoms with E-state index in [4.69, 9.17) is 0 Å². The molecular formula is C11H10N2O3S2. The fourth-order valence-corrected chi connectivity index (χ4v) is 3.32. The van der Waals surface area contributed by atoms with E-state index in [1.807, 2.05) is 4.72 Å². The molecule has 7 heteroatoms. The summed E-state index contributed by atoms with van der Waals surface area (Å²) in [5.41, 5.74) is 0.663. The van der Waals surface area contributed by atoms with Gasteiger partial charge in [-0.15, -0.1) is 11.3 Å². The predicted octanol–water partition coefficient (Wildman–Crippen LogP) is 1.19. The van der Waals surface area contributed by atoms with Crippen molar-refractivity contribution >= 4 is 27.3 Å². The molecule has 0 radical (unpaired) electrons. The van der Waals surface area contributed by atoms with Crippen LogP contribution in [0.3, 0.4) is 0 Å². The molecule has 0 aromatic carbocycles. The van der Waals surface area contributed by atoms with E-state index >= 15 is 0 Å². The third-order valence-corrected chi connectivity index (χ3v) is 4.87. The maximum atomic E-state index is 11.8. The standard InChI is InChI=1S/C11H10N2O3S2/c14-10(7-9-3-1-5-12-8-9)13-18(15,16)11-4-2-6-17-11/h1-6,8H,7H2,(H,13,14). The zero-order valence-electron chi connectivity index (χ0n) is 9.24. The summed E-state index contributed by atoms with van der Waals surface area (Å²) < 4.78 is 25.7. The number of aromatic nitrogens is 1. The average Bonchev–Trinajstić information content (AvgIpc) is 2.83. The van der Waals surface area contributed by atoms with E-state index < -0.39 is 15.9 Å². The summed E-state index contributed by atoms with van der Waals surface area (Å²) in [5, 5.41) is 1.64. The third-order valence-electron chi connectivity index (χ3n) is 2.10. The molecule has 0 bridgehead atoms. The van der Waals surface area contributed by atoms with Gasteiger partial charge in [-0.1, -0.05) is 12.1 Å². The van der Waals surface area contributed by atoms with Crippen molar-refractivity contribution in [3.63, 3.8) is 0 Å². The highest BCUT2D eigenvalue weighted by atomic mass is 32.2. The first-order valence-corrected chi connectivity index (χ1v) is 7.42. The van der Waals surface area contributed by atoms with E-state index in [1.54, 1.807) is 29.8 Å². The largest absolute Gasteiger partial charge is 0.274 e. The molecule has 2 rings (SSSR count). The Morgan fingerprint density at radius 2 is 2.17 bits per heavy atom. The SMILES string of the molecule is O=C(Cc1cccnc1)NS(=O)(=O)c1cccs1. The van der Waals surface area contributed by atoms with Gasteiger partial charge in [0.05, 0.1) is 6.42 Å². The molecule has 0 fully saturated rings. The normalized spacial score (nSPS) is 11.1. The van der Waals surface area contributed by atoms with Gasteiger partial charge in [-0.3, -0.25) is 9.78 Å². The van der Waals surface area contributed by atoms with Crippen LogP contribution in [-0.4, -0.2) is 19.3 Å². The number of pyridine rings is 1. The molecule has 0 aliphatic carbocycles. The van der Waals surface area contributed by atoms with Gasteiger partial charge in [0, 0.05) is 12.4 Å². The van der Waals surface area contributed by atoms with Crippen molar-refractivity contribution in [3.05, 3.63) is 47.6 Å². The maximum Gasteiger partial charge on any atom is 0.273 e. The van der Waals surface area contributed by atoms with Gasteiger partial charge in [0.15, 0.2) is 0 Å². The quantitative estimate of drug-likeness (QED) is 0.914. The molecule has 2 aromatic rings. The van der Waals surface area contributed by atoms with E-state index in [9.17, 15) is 13.2 Å². The Balaban J connectivity index is 2.05. The van der Waals surface area contributed by atoms with Crippen molar-refractivity contribution in [1.82, 2.24) is 9.71 Å². The van der Waals surface area contributed by atoms with Gasteiger partial charge in [0.2, 0.25) is 5.91 Å². The van der Waals surface area contributed by atoms with E-state index in [1.165, 1.54) is 12.3 Å². The third kappa shape index (κ3) is 3.14. The van der Waals surface area contributed by atoms with Crippen molar-refractivity contribution in [3.8, 4) is 0 Å². The second kappa shape index (κ2) is 5.28. The number of nitrogens with one attached hydrogen (secondary N) is 1. The lowest BCUT2D eigenvalue weighted by atomic mass is 10.2. The smallest absolute Gasteiger partial charge is 0.273 e. The van der Waals surface area contributed by atoms with Gasteiger partial charge < -0.3 is 0 Å². The monoisotopic (exact) mass is 282 g/mol. The lowest BCUT2D eigenvalue weighted by molar-refractivity contribution is -0.118. The highest BCUT2D eigenvalue weighted by Crippen LogP contribution is 2.15. The second-order valence-electron chi connectivity index (χ2n) is 3.50. The first-order valence-electron chi connectivity index (χ1n) is 5.06. The van der Waals surface area contributed by atoms with Gasteiger partial charge >= 0.3 is 0 Å². The van der Waals surface area contributed by atoms with Crippen LogP contribution in [-0.2, 0) is 21.2 Å². The zero-order valence-corrected chi connectivity index (χ0v) is 10.9. The zero-order chi connectivity index (χ0) is 13.0. The molecule has 0 spiro atoms. The summed E-state index contributed by atoms with van der Waals surface area (Å²) in [6.45, 7) is 0. The second-order valence-corrected chi connectivity index (χ2v) is 6.36. The van der Waals surface area contributed by atoms with Gasteiger partial charge in [0.25, 0.3) is 10.0 Å². The van der Waals surface area contributed by atoms with Gasteiger partial charge in [-0.25, -0.2) is 13.1 Å². The fraction of sp³-hybridized carbons (Fsp3) is 0.0909. The maximum absolute atomic E-state index is 11.8. The van der Waals surface area contributed by atoms with Crippen LogP contribution in [0.25, 0.3) is 0 Å².